The SMILES string of the molecule is COc1ccc(NC(C)=O)cc1NC(=O)CCNC(=O)c1ccc(Cl)cc1. The van der Waals surface area contributed by atoms with Gasteiger partial charge in [0.2, 0.25) is 11.8 Å². The standard InChI is InChI=1S/C19H20ClN3O4/c1-12(24)22-15-7-8-17(27-2)16(11-15)23-18(25)9-10-21-19(26)13-3-5-14(20)6-4-13/h3-8,11H,9-10H2,1-2H3,(H,21,26)(H,22,24)(H,23,25). The lowest BCUT2D eigenvalue weighted by Crippen LogP contribution is -2.27. The van der Waals surface area contributed by atoms with Crippen LogP contribution in [-0.2, 0) is 9.59 Å². The number of ether oxygens (including phenoxy) is 1. The van der Waals surface area contributed by atoms with E-state index >= 15 is 0 Å². The quantitative estimate of drug-likeness (QED) is 0.678. The first kappa shape index (κ1) is 20.3. The number of amides is 3. The molecular weight excluding hydrogens is 370 g/mol. The number of hydrogen-bond acceptors (Lipinski definition) is 4. The molecule has 0 saturated heterocycles. The van der Waals surface area contributed by atoms with E-state index in [4.69, 9.17) is 16.3 Å². The molecule has 0 aromatic heterocycles. The number of benzene rings is 2. The second-order valence-electron chi connectivity index (χ2n) is 5.66. The van der Waals surface area contributed by atoms with Crippen LogP contribution in [0.3, 0.4) is 0 Å². The number of methoxy groups -OCH3 is 1. The number of anilines is 2. The lowest BCUT2D eigenvalue weighted by molar-refractivity contribution is -0.116. The minimum Gasteiger partial charge on any atom is -0.495 e. The predicted octanol–water partition coefficient (Wildman–Crippen LogP) is 3.07. The minimum absolute atomic E-state index is 0.0762. The van der Waals surface area contributed by atoms with Crippen LogP contribution in [-0.4, -0.2) is 31.4 Å². The van der Waals surface area contributed by atoms with E-state index in [0.717, 1.165) is 0 Å². The van der Waals surface area contributed by atoms with E-state index < -0.39 is 0 Å². The van der Waals surface area contributed by atoms with Crippen molar-refractivity contribution in [2.75, 3.05) is 24.3 Å². The van der Waals surface area contributed by atoms with Gasteiger partial charge < -0.3 is 20.7 Å². The van der Waals surface area contributed by atoms with Gasteiger partial charge >= 0.3 is 0 Å². The van der Waals surface area contributed by atoms with Crippen LogP contribution in [0.5, 0.6) is 5.75 Å². The third kappa shape index (κ3) is 6.31. The Bertz CT molecular complexity index is 837. The van der Waals surface area contributed by atoms with Crippen LogP contribution in [0.25, 0.3) is 0 Å². The summed E-state index contributed by atoms with van der Waals surface area (Å²) in [6.07, 6.45) is 0.0762. The Kier molecular flexibility index (Phi) is 7.19. The molecule has 0 unspecified atom stereocenters. The Morgan fingerprint density at radius 1 is 1.04 bits per heavy atom. The van der Waals surface area contributed by atoms with Gasteiger partial charge in [-0.25, -0.2) is 0 Å². The fraction of sp³-hybridized carbons (Fsp3) is 0.211. The van der Waals surface area contributed by atoms with Gasteiger partial charge in [-0.3, -0.25) is 14.4 Å². The normalized spacial score (nSPS) is 10.0. The van der Waals surface area contributed by atoms with Gasteiger partial charge in [-0.15, -0.1) is 0 Å². The molecule has 0 saturated carbocycles. The summed E-state index contributed by atoms with van der Waals surface area (Å²) in [6.45, 7) is 1.56. The molecule has 0 atom stereocenters. The fourth-order valence-corrected chi connectivity index (χ4v) is 2.42. The van der Waals surface area contributed by atoms with Crippen molar-refractivity contribution in [3.8, 4) is 5.75 Å². The molecule has 0 fully saturated rings. The third-order valence-electron chi connectivity index (χ3n) is 3.54. The van der Waals surface area contributed by atoms with E-state index in [-0.39, 0.29) is 30.7 Å². The lowest BCUT2D eigenvalue weighted by atomic mass is 10.2. The zero-order chi connectivity index (χ0) is 19.8. The van der Waals surface area contributed by atoms with Crippen LogP contribution in [0.15, 0.2) is 42.5 Å². The van der Waals surface area contributed by atoms with Crippen molar-refractivity contribution in [1.82, 2.24) is 5.32 Å². The highest BCUT2D eigenvalue weighted by atomic mass is 35.5. The van der Waals surface area contributed by atoms with Crippen LogP contribution in [0.4, 0.5) is 11.4 Å². The summed E-state index contributed by atoms with van der Waals surface area (Å²) >= 11 is 5.78. The Morgan fingerprint density at radius 3 is 2.37 bits per heavy atom. The molecule has 3 amide bonds. The van der Waals surface area contributed by atoms with Crippen molar-refractivity contribution >= 4 is 40.7 Å². The topological polar surface area (TPSA) is 96.5 Å². The van der Waals surface area contributed by atoms with Gasteiger partial charge in [0.1, 0.15) is 5.75 Å². The molecule has 0 bridgehead atoms. The summed E-state index contributed by atoms with van der Waals surface area (Å²) in [5.74, 6) is -0.348. The van der Waals surface area contributed by atoms with Gasteiger partial charge in [-0.05, 0) is 42.5 Å². The van der Waals surface area contributed by atoms with Crippen LogP contribution in [0, 0.1) is 0 Å². The van der Waals surface area contributed by atoms with Gasteiger partial charge in [-0.1, -0.05) is 11.6 Å². The highest BCUT2D eigenvalue weighted by Gasteiger charge is 2.11. The maximum absolute atomic E-state index is 12.2. The van der Waals surface area contributed by atoms with Crippen LogP contribution in [0.2, 0.25) is 5.02 Å². The lowest BCUT2D eigenvalue weighted by Gasteiger charge is -2.12. The zero-order valence-corrected chi connectivity index (χ0v) is 15.7. The molecule has 3 N–H and O–H groups in total. The summed E-state index contributed by atoms with van der Waals surface area (Å²) in [5, 5.41) is 8.56. The second kappa shape index (κ2) is 9.59. The van der Waals surface area contributed by atoms with Gasteiger partial charge in [0.05, 0.1) is 12.8 Å². The number of hydrogen-bond donors (Lipinski definition) is 3. The van der Waals surface area contributed by atoms with Crippen molar-refractivity contribution in [1.29, 1.82) is 0 Å². The Hall–Kier alpha value is -3.06. The Morgan fingerprint density at radius 2 is 1.74 bits per heavy atom. The summed E-state index contributed by atoms with van der Waals surface area (Å²) < 4.78 is 5.21. The molecule has 0 aliphatic carbocycles. The Balaban J connectivity index is 1.90. The predicted molar refractivity (Wildman–Crippen MR) is 104 cm³/mol. The number of halogens is 1. The third-order valence-corrected chi connectivity index (χ3v) is 3.79. The highest BCUT2D eigenvalue weighted by Crippen LogP contribution is 2.28. The van der Waals surface area contributed by atoms with Gasteiger partial charge in [0.15, 0.2) is 0 Å². The molecule has 7 nitrogen and oxygen atoms in total. The van der Waals surface area contributed by atoms with Crippen LogP contribution < -0.4 is 20.7 Å². The second-order valence-corrected chi connectivity index (χ2v) is 6.09. The largest absolute Gasteiger partial charge is 0.495 e. The number of carbonyl (C=O) groups is 3. The minimum atomic E-state index is -0.301. The molecule has 2 aromatic carbocycles. The van der Waals surface area contributed by atoms with E-state index in [9.17, 15) is 14.4 Å². The summed E-state index contributed by atoms with van der Waals surface area (Å²) in [6, 6.07) is 11.4. The van der Waals surface area contributed by atoms with Gasteiger partial charge in [-0.2, -0.15) is 0 Å². The molecule has 2 aromatic rings. The van der Waals surface area contributed by atoms with Crippen molar-refractivity contribution in [3.05, 3.63) is 53.1 Å². The highest BCUT2D eigenvalue weighted by molar-refractivity contribution is 6.30. The van der Waals surface area contributed by atoms with Gasteiger partial charge in [0.25, 0.3) is 5.91 Å². The van der Waals surface area contributed by atoms with E-state index in [1.54, 1.807) is 42.5 Å². The average molecular weight is 390 g/mol. The van der Waals surface area contributed by atoms with E-state index in [2.05, 4.69) is 16.0 Å². The summed E-state index contributed by atoms with van der Waals surface area (Å²) in [4.78, 5) is 35.3. The first-order valence-electron chi connectivity index (χ1n) is 8.18. The van der Waals surface area contributed by atoms with Crippen LogP contribution in [0.1, 0.15) is 23.7 Å². The molecular formula is C19H20ClN3O4. The van der Waals surface area contributed by atoms with Crippen molar-refractivity contribution in [2.45, 2.75) is 13.3 Å². The first-order valence-corrected chi connectivity index (χ1v) is 8.56. The molecule has 27 heavy (non-hydrogen) atoms. The molecule has 2 rings (SSSR count). The fourth-order valence-electron chi connectivity index (χ4n) is 2.29. The molecule has 0 aliphatic heterocycles. The van der Waals surface area contributed by atoms with E-state index in [1.165, 1.54) is 14.0 Å². The average Bonchev–Trinajstić information content (AvgIpc) is 2.62. The van der Waals surface area contributed by atoms with E-state index in [1.807, 2.05) is 0 Å². The molecule has 142 valence electrons. The first-order chi connectivity index (χ1) is 12.9. The number of carbonyl (C=O) groups excluding carboxylic acids is 3. The maximum atomic E-state index is 12.2. The molecule has 0 spiro atoms. The van der Waals surface area contributed by atoms with Crippen LogP contribution >= 0.6 is 11.6 Å². The summed E-state index contributed by atoms with van der Waals surface area (Å²) in [5.41, 5.74) is 1.43. The van der Waals surface area contributed by atoms with Crippen molar-refractivity contribution in [2.24, 2.45) is 0 Å². The Labute approximate surface area is 162 Å². The van der Waals surface area contributed by atoms with E-state index in [0.29, 0.717) is 27.7 Å². The number of rotatable bonds is 7. The number of nitrogens with one attached hydrogen (secondary N) is 3. The van der Waals surface area contributed by atoms with Crippen molar-refractivity contribution < 1.29 is 19.1 Å². The maximum Gasteiger partial charge on any atom is 0.251 e. The summed E-state index contributed by atoms with van der Waals surface area (Å²) in [7, 11) is 1.48. The van der Waals surface area contributed by atoms with Crippen molar-refractivity contribution in [3.63, 3.8) is 0 Å². The van der Waals surface area contributed by atoms with Gasteiger partial charge in [0, 0.05) is 36.2 Å². The smallest absolute Gasteiger partial charge is 0.251 e. The zero-order valence-electron chi connectivity index (χ0n) is 15.0. The molecule has 0 heterocycles. The molecule has 0 aliphatic rings. The monoisotopic (exact) mass is 389 g/mol. The molecule has 8 heteroatoms. The molecule has 0 radical (unpaired) electrons.